The van der Waals surface area contributed by atoms with Crippen LogP contribution in [0.1, 0.15) is 11.5 Å². The molecule has 2 aliphatic rings. The SMILES string of the molecule is O=S(=O)(c1ccc2c(c1)OCO2)N1C[C@@H](CO)[C@H](c2ccsc2)C1. The summed E-state index contributed by atoms with van der Waals surface area (Å²) in [5, 5.41) is 13.7. The zero-order chi connectivity index (χ0) is 16.7. The van der Waals surface area contributed by atoms with Gasteiger partial charge < -0.3 is 14.6 Å². The number of fused-ring (bicyclic) bond motifs is 1. The van der Waals surface area contributed by atoms with E-state index in [0.717, 1.165) is 5.56 Å². The summed E-state index contributed by atoms with van der Waals surface area (Å²) >= 11 is 1.58. The zero-order valence-electron chi connectivity index (χ0n) is 12.8. The Balaban J connectivity index is 1.63. The first-order valence-corrected chi connectivity index (χ1v) is 10.0. The van der Waals surface area contributed by atoms with E-state index in [1.54, 1.807) is 17.4 Å². The van der Waals surface area contributed by atoms with Gasteiger partial charge in [-0.05, 0) is 34.5 Å². The maximum atomic E-state index is 13.0. The lowest BCUT2D eigenvalue weighted by Crippen LogP contribution is -2.29. The Bertz CT molecular complexity index is 834. The second-order valence-electron chi connectivity index (χ2n) is 5.94. The van der Waals surface area contributed by atoms with E-state index < -0.39 is 10.0 Å². The first kappa shape index (κ1) is 15.9. The van der Waals surface area contributed by atoms with Crippen LogP contribution < -0.4 is 9.47 Å². The highest BCUT2D eigenvalue weighted by Crippen LogP contribution is 2.38. The molecule has 0 aliphatic carbocycles. The van der Waals surface area contributed by atoms with E-state index in [4.69, 9.17) is 9.47 Å². The number of aliphatic hydroxyl groups is 1. The van der Waals surface area contributed by atoms with Gasteiger partial charge in [0.05, 0.1) is 4.90 Å². The van der Waals surface area contributed by atoms with Gasteiger partial charge in [0.15, 0.2) is 11.5 Å². The van der Waals surface area contributed by atoms with Crippen LogP contribution in [0, 0.1) is 5.92 Å². The Kier molecular flexibility index (Phi) is 4.00. The molecule has 0 bridgehead atoms. The molecule has 1 aromatic carbocycles. The minimum Gasteiger partial charge on any atom is -0.454 e. The molecule has 6 nitrogen and oxygen atoms in total. The number of benzene rings is 1. The van der Waals surface area contributed by atoms with E-state index in [1.807, 2.05) is 16.8 Å². The Morgan fingerprint density at radius 1 is 1.21 bits per heavy atom. The van der Waals surface area contributed by atoms with E-state index in [2.05, 4.69) is 0 Å². The molecule has 4 rings (SSSR count). The quantitative estimate of drug-likeness (QED) is 0.893. The van der Waals surface area contributed by atoms with Crippen molar-refractivity contribution in [1.82, 2.24) is 4.31 Å². The van der Waals surface area contributed by atoms with Crippen LogP contribution in [-0.2, 0) is 10.0 Å². The lowest BCUT2D eigenvalue weighted by Gasteiger charge is -2.16. The number of rotatable bonds is 4. The number of hydrogen-bond donors (Lipinski definition) is 1. The standard InChI is InChI=1S/C16H17NO5S2/c18-8-12-6-17(7-14(12)11-3-4-23-9-11)24(19,20)13-1-2-15-16(5-13)22-10-21-15/h1-5,9,12,14,18H,6-8,10H2/t12-,14-/m0/s1. The summed E-state index contributed by atoms with van der Waals surface area (Å²) in [5.74, 6) is 0.927. The number of sulfonamides is 1. The molecule has 0 radical (unpaired) electrons. The normalized spacial score (nSPS) is 23.7. The average molecular weight is 367 g/mol. The topological polar surface area (TPSA) is 76.1 Å². The molecule has 24 heavy (non-hydrogen) atoms. The van der Waals surface area contributed by atoms with Crippen LogP contribution >= 0.6 is 11.3 Å². The van der Waals surface area contributed by atoms with Gasteiger partial charge in [0.25, 0.3) is 0 Å². The second-order valence-corrected chi connectivity index (χ2v) is 8.66. The number of ether oxygens (including phenoxy) is 2. The van der Waals surface area contributed by atoms with Crippen LogP contribution in [-0.4, -0.2) is 44.3 Å². The molecule has 0 amide bonds. The molecule has 128 valence electrons. The van der Waals surface area contributed by atoms with Crippen LogP contribution in [0.3, 0.4) is 0 Å². The maximum absolute atomic E-state index is 13.0. The van der Waals surface area contributed by atoms with E-state index >= 15 is 0 Å². The summed E-state index contributed by atoms with van der Waals surface area (Å²) in [5.41, 5.74) is 1.09. The molecule has 3 heterocycles. The first-order valence-electron chi connectivity index (χ1n) is 7.62. The van der Waals surface area contributed by atoms with Gasteiger partial charge in [-0.3, -0.25) is 0 Å². The van der Waals surface area contributed by atoms with Crippen LogP contribution in [0.15, 0.2) is 39.9 Å². The molecular formula is C16H17NO5S2. The van der Waals surface area contributed by atoms with Crippen molar-refractivity contribution < 1.29 is 23.0 Å². The Hall–Kier alpha value is -1.61. The summed E-state index contributed by atoms with van der Waals surface area (Å²) in [6, 6.07) is 6.65. The smallest absolute Gasteiger partial charge is 0.243 e. The second kappa shape index (κ2) is 6.03. The Labute approximate surface area is 144 Å². The molecule has 1 fully saturated rings. The van der Waals surface area contributed by atoms with Crippen molar-refractivity contribution in [2.45, 2.75) is 10.8 Å². The number of aliphatic hydroxyl groups excluding tert-OH is 1. The summed E-state index contributed by atoms with van der Waals surface area (Å²) < 4.78 is 37.9. The number of nitrogens with zero attached hydrogens (tertiary/aromatic N) is 1. The molecule has 2 aliphatic heterocycles. The molecule has 2 aromatic rings. The molecular weight excluding hydrogens is 350 g/mol. The fraction of sp³-hybridized carbons (Fsp3) is 0.375. The minimum atomic E-state index is -3.64. The monoisotopic (exact) mass is 367 g/mol. The van der Waals surface area contributed by atoms with Crippen LogP contribution in [0.5, 0.6) is 11.5 Å². The lowest BCUT2D eigenvalue weighted by molar-refractivity contribution is 0.174. The van der Waals surface area contributed by atoms with Gasteiger partial charge >= 0.3 is 0 Å². The maximum Gasteiger partial charge on any atom is 0.243 e. The van der Waals surface area contributed by atoms with Crippen LogP contribution in [0.2, 0.25) is 0 Å². The summed E-state index contributed by atoms with van der Waals surface area (Å²) in [4.78, 5) is 0.189. The van der Waals surface area contributed by atoms with Crippen molar-refractivity contribution in [2.75, 3.05) is 26.5 Å². The number of hydrogen-bond acceptors (Lipinski definition) is 6. The van der Waals surface area contributed by atoms with Crippen molar-refractivity contribution in [3.63, 3.8) is 0 Å². The van der Waals surface area contributed by atoms with E-state index in [-0.39, 0.29) is 30.1 Å². The van der Waals surface area contributed by atoms with E-state index in [1.165, 1.54) is 16.4 Å². The Morgan fingerprint density at radius 3 is 2.79 bits per heavy atom. The van der Waals surface area contributed by atoms with Gasteiger partial charge in [0, 0.05) is 37.6 Å². The first-order chi connectivity index (χ1) is 11.6. The van der Waals surface area contributed by atoms with Crippen molar-refractivity contribution in [3.05, 3.63) is 40.6 Å². The largest absolute Gasteiger partial charge is 0.454 e. The average Bonchev–Trinajstić information content (AvgIpc) is 3.31. The highest BCUT2D eigenvalue weighted by molar-refractivity contribution is 7.89. The van der Waals surface area contributed by atoms with Crippen molar-refractivity contribution in [2.24, 2.45) is 5.92 Å². The van der Waals surface area contributed by atoms with E-state index in [9.17, 15) is 13.5 Å². The molecule has 1 N–H and O–H groups in total. The third-order valence-electron chi connectivity index (χ3n) is 4.60. The highest BCUT2D eigenvalue weighted by atomic mass is 32.2. The third-order valence-corrected chi connectivity index (χ3v) is 7.12. The summed E-state index contributed by atoms with van der Waals surface area (Å²) in [7, 11) is -3.64. The van der Waals surface area contributed by atoms with Gasteiger partial charge in [0.1, 0.15) is 0 Å². The van der Waals surface area contributed by atoms with Crippen molar-refractivity contribution in [3.8, 4) is 11.5 Å². The molecule has 2 atom stereocenters. The third kappa shape index (κ3) is 2.59. The predicted molar refractivity (Wildman–Crippen MR) is 89.0 cm³/mol. The van der Waals surface area contributed by atoms with Gasteiger partial charge in [0.2, 0.25) is 16.8 Å². The van der Waals surface area contributed by atoms with E-state index in [0.29, 0.717) is 24.6 Å². The fourth-order valence-electron chi connectivity index (χ4n) is 3.26. The van der Waals surface area contributed by atoms with Crippen LogP contribution in [0.4, 0.5) is 0 Å². The summed E-state index contributed by atoms with van der Waals surface area (Å²) in [6.07, 6.45) is 0. The highest BCUT2D eigenvalue weighted by Gasteiger charge is 2.40. The Morgan fingerprint density at radius 2 is 2.04 bits per heavy atom. The summed E-state index contributed by atoms with van der Waals surface area (Å²) in [6.45, 7) is 0.759. The molecule has 0 spiro atoms. The minimum absolute atomic E-state index is 0.0186. The molecule has 0 unspecified atom stereocenters. The zero-order valence-corrected chi connectivity index (χ0v) is 14.4. The fourth-order valence-corrected chi connectivity index (χ4v) is 5.53. The molecule has 1 saturated heterocycles. The van der Waals surface area contributed by atoms with Gasteiger partial charge in [-0.25, -0.2) is 8.42 Å². The predicted octanol–water partition coefficient (Wildman–Crippen LogP) is 1.87. The lowest BCUT2D eigenvalue weighted by atomic mass is 9.92. The molecule has 8 heteroatoms. The van der Waals surface area contributed by atoms with Gasteiger partial charge in [-0.15, -0.1) is 0 Å². The molecule has 0 saturated carbocycles. The van der Waals surface area contributed by atoms with Gasteiger partial charge in [-0.2, -0.15) is 15.6 Å². The van der Waals surface area contributed by atoms with Crippen LogP contribution in [0.25, 0.3) is 0 Å². The molecule has 1 aromatic heterocycles. The van der Waals surface area contributed by atoms with Crippen molar-refractivity contribution in [1.29, 1.82) is 0 Å². The van der Waals surface area contributed by atoms with Gasteiger partial charge in [-0.1, -0.05) is 0 Å². The van der Waals surface area contributed by atoms with Crippen molar-refractivity contribution >= 4 is 21.4 Å². The number of thiophene rings is 1.